The van der Waals surface area contributed by atoms with Crippen molar-refractivity contribution in [3.05, 3.63) is 70.8 Å². The van der Waals surface area contributed by atoms with Crippen molar-refractivity contribution >= 4 is 5.78 Å². The summed E-state index contributed by atoms with van der Waals surface area (Å²) in [6, 6.07) is 13.1. The van der Waals surface area contributed by atoms with Gasteiger partial charge in [0.05, 0.1) is 0 Å². The molecule has 0 bridgehead atoms. The number of aromatic hydroxyl groups is 2. The Hall–Kier alpha value is -2.55. The average Bonchev–Trinajstić information content (AvgIpc) is 2.67. The van der Waals surface area contributed by atoms with E-state index in [0.717, 1.165) is 24.0 Å². The highest BCUT2D eigenvalue weighted by Crippen LogP contribution is 2.45. The summed E-state index contributed by atoms with van der Waals surface area (Å²) in [6.07, 6.45) is 5.20. The molecule has 2 atom stereocenters. The zero-order valence-corrected chi connectivity index (χ0v) is 17.0. The predicted octanol–water partition coefficient (Wildman–Crippen LogP) is 6.01. The number of phenolic OH excluding ortho intramolecular Hbond substituents is 2. The molecule has 2 aromatic rings. The van der Waals surface area contributed by atoms with Crippen LogP contribution in [0.5, 0.6) is 11.5 Å². The van der Waals surface area contributed by atoms with Gasteiger partial charge in [0.2, 0.25) is 0 Å². The van der Waals surface area contributed by atoms with Crippen LogP contribution < -0.4 is 0 Å². The molecule has 3 heteroatoms. The zero-order chi connectivity index (χ0) is 20.3. The molecule has 0 saturated carbocycles. The maximum absolute atomic E-state index is 12.8. The summed E-state index contributed by atoms with van der Waals surface area (Å²) in [4.78, 5) is 12.8. The molecule has 0 fully saturated rings. The number of carbonyl (C=O) groups is 1. The molecular formula is C25H30O3. The monoisotopic (exact) mass is 378 g/mol. The first-order valence-corrected chi connectivity index (χ1v) is 10.2. The number of phenols is 2. The molecule has 0 aliphatic heterocycles. The van der Waals surface area contributed by atoms with Gasteiger partial charge in [-0.3, -0.25) is 4.79 Å². The molecule has 28 heavy (non-hydrogen) atoms. The van der Waals surface area contributed by atoms with Gasteiger partial charge >= 0.3 is 0 Å². The van der Waals surface area contributed by atoms with Gasteiger partial charge in [-0.05, 0) is 49.7 Å². The van der Waals surface area contributed by atoms with Gasteiger partial charge in [0.15, 0.2) is 5.78 Å². The minimum atomic E-state index is -0.224. The van der Waals surface area contributed by atoms with Gasteiger partial charge in [-0.25, -0.2) is 0 Å². The molecule has 0 amide bonds. The second-order valence-electron chi connectivity index (χ2n) is 8.29. The van der Waals surface area contributed by atoms with E-state index < -0.39 is 0 Å². The van der Waals surface area contributed by atoms with Gasteiger partial charge in [-0.1, -0.05) is 61.9 Å². The third-order valence-corrected chi connectivity index (χ3v) is 5.96. The Morgan fingerprint density at radius 1 is 1.11 bits per heavy atom. The van der Waals surface area contributed by atoms with Crippen LogP contribution in [0.1, 0.15) is 67.4 Å². The third-order valence-electron chi connectivity index (χ3n) is 5.96. The number of hydrogen-bond acceptors (Lipinski definition) is 3. The summed E-state index contributed by atoms with van der Waals surface area (Å²) in [7, 11) is 0. The van der Waals surface area contributed by atoms with Crippen molar-refractivity contribution in [2.24, 2.45) is 11.8 Å². The van der Waals surface area contributed by atoms with E-state index in [0.29, 0.717) is 18.3 Å². The summed E-state index contributed by atoms with van der Waals surface area (Å²) < 4.78 is 0. The molecule has 148 valence electrons. The molecule has 0 unspecified atom stereocenters. The number of hydrogen-bond donors (Lipinski definition) is 2. The molecule has 3 nitrogen and oxygen atoms in total. The SMILES string of the molecule is CC1=C[C@H](c2ccc(O)c(C(=O)CCc3ccccc3)c2O)[C@@H](C(C)C)CC1. The van der Waals surface area contributed by atoms with Gasteiger partial charge < -0.3 is 10.2 Å². The van der Waals surface area contributed by atoms with Crippen molar-refractivity contribution < 1.29 is 15.0 Å². The number of allylic oxidation sites excluding steroid dienone is 2. The fourth-order valence-corrected chi connectivity index (χ4v) is 4.32. The van der Waals surface area contributed by atoms with Crippen molar-refractivity contribution in [3.8, 4) is 11.5 Å². The number of carbonyl (C=O) groups excluding carboxylic acids is 1. The number of Topliss-reactive ketones (excluding diaryl/α,β-unsaturated/α-hetero) is 1. The lowest BCUT2D eigenvalue weighted by Gasteiger charge is -2.33. The van der Waals surface area contributed by atoms with E-state index in [1.54, 1.807) is 12.1 Å². The second kappa shape index (κ2) is 8.64. The molecule has 0 aromatic heterocycles. The van der Waals surface area contributed by atoms with Gasteiger partial charge in [-0.2, -0.15) is 0 Å². The van der Waals surface area contributed by atoms with Crippen LogP contribution in [0.15, 0.2) is 54.1 Å². The lowest BCUT2D eigenvalue weighted by molar-refractivity contribution is 0.0977. The molecule has 0 saturated heterocycles. The molecular weight excluding hydrogens is 348 g/mol. The minimum Gasteiger partial charge on any atom is -0.507 e. The molecule has 0 heterocycles. The first-order chi connectivity index (χ1) is 13.4. The Kier molecular flexibility index (Phi) is 6.23. The summed E-state index contributed by atoms with van der Waals surface area (Å²) >= 11 is 0. The molecule has 3 rings (SSSR count). The maximum Gasteiger partial charge on any atom is 0.170 e. The lowest BCUT2D eigenvalue weighted by Crippen LogP contribution is -2.21. The van der Waals surface area contributed by atoms with Crippen molar-refractivity contribution in [2.75, 3.05) is 0 Å². The molecule has 1 aliphatic carbocycles. The average molecular weight is 379 g/mol. The summed E-state index contributed by atoms with van der Waals surface area (Å²) in [5.74, 6) is 0.524. The first-order valence-electron chi connectivity index (χ1n) is 10.2. The standard InChI is InChI=1S/C25H30O3/c1-16(2)19-11-9-17(3)15-21(19)20-12-14-23(27)24(25(20)28)22(26)13-10-18-7-5-4-6-8-18/h4-8,12,14-16,19,21,27-28H,9-11,13H2,1-3H3/t19-,21+/m1/s1. The molecule has 0 spiro atoms. The molecule has 1 aliphatic rings. The largest absolute Gasteiger partial charge is 0.507 e. The Morgan fingerprint density at radius 3 is 2.50 bits per heavy atom. The number of benzene rings is 2. The van der Waals surface area contributed by atoms with Crippen LogP contribution in [0.4, 0.5) is 0 Å². The van der Waals surface area contributed by atoms with Crippen molar-refractivity contribution in [1.29, 1.82) is 0 Å². The number of ketones is 1. The molecule has 2 N–H and O–H groups in total. The van der Waals surface area contributed by atoms with Crippen LogP contribution in [0.2, 0.25) is 0 Å². The number of aryl methyl sites for hydroxylation is 1. The van der Waals surface area contributed by atoms with Crippen LogP contribution in [0.25, 0.3) is 0 Å². The minimum absolute atomic E-state index is 0.0559. The Bertz CT molecular complexity index is 865. The highest BCUT2D eigenvalue weighted by molar-refractivity contribution is 6.01. The smallest absolute Gasteiger partial charge is 0.170 e. The zero-order valence-electron chi connectivity index (χ0n) is 17.0. The van der Waals surface area contributed by atoms with E-state index in [1.165, 1.54) is 5.57 Å². The van der Waals surface area contributed by atoms with Crippen LogP contribution >= 0.6 is 0 Å². The van der Waals surface area contributed by atoms with Crippen LogP contribution in [-0.2, 0) is 6.42 Å². The van der Waals surface area contributed by atoms with Crippen molar-refractivity contribution in [2.45, 2.75) is 52.4 Å². The Balaban J connectivity index is 1.91. The third kappa shape index (κ3) is 4.30. The fraction of sp³-hybridized carbons (Fsp3) is 0.400. The van der Waals surface area contributed by atoms with Crippen molar-refractivity contribution in [1.82, 2.24) is 0 Å². The highest BCUT2D eigenvalue weighted by Gasteiger charge is 2.31. The first kappa shape index (κ1) is 20.2. The lowest BCUT2D eigenvalue weighted by atomic mass is 9.71. The Labute approximate surface area is 167 Å². The normalized spacial score (nSPS) is 19.5. The van der Waals surface area contributed by atoms with E-state index in [9.17, 15) is 15.0 Å². The van der Waals surface area contributed by atoms with Gasteiger partial charge in [0, 0.05) is 17.9 Å². The van der Waals surface area contributed by atoms with Gasteiger partial charge in [0.25, 0.3) is 0 Å². The van der Waals surface area contributed by atoms with Crippen molar-refractivity contribution in [3.63, 3.8) is 0 Å². The second-order valence-corrected chi connectivity index (χ2v) is 8.29. The fourth-order valence-electron chi connectivity index (χ4n) is 4.32. The summed E-state index contributed by atoms with van der Waals surface area (Å²) in [6.45, 7) is 6.53. The van der Waals surface area contributed by atoms with E-state index in [1.807, 2.05) is 30.3 Å². The van der Waals surface area contributed by atoms with E-state index in [-0.39, 0.29) is 35.2 Å². The maximum atomic E-state index is 12.8. The van der Waals surface area contributed by atoms with Gasteiger partial charge in [0.1, 0.15) is 17.1 Å². The summed E-state index contributed by atoms with van der Waals surface area (Å²) in [5, 5.41) is 21.3. The predicted molar refractivity (Wildman–Crippen MR) is 113 cm³/mol. The summed E-state index contributed by atoms with van der Waals surface area (Å²) in [5.41, 5.74) is 3.19. The topological polar surface area (TPSA) is 57.5 Å². The highest BCUT2D eigenvalue weighted by atomic mass is 16.3. The quantitative estimate of drug-likeness (QED) is 0.478. The number of rotatable bonds is 6. The van der Waals surface area contributed by atoms with E-state index in [4.69, 9.17) is 0 Å². The van der Waals surface area contributed by atoms with Gasteiger partial charge in [-0.15, -0.1) is 0 Å². The van der Waals surface area contributed by atoms with Crippen LogP contribution in [0.3, 0.4) is 0 Å². The van der Waals surface area contributed by atoms with Crippen LogP contribution in [-0.4, -0.2) is 16.0 Å². The van der Waals surface area contributed by atoms with E-state index >= 15 is 0 Å². The Morgan fingerprint density at radius 2 is 1.82 bits per heavy atom. The van der Waals surface area contributed by atoms with E-state index in [2.05, 4.69) is 26.8 Å². The van der Waals surface area contributed by atoms with Crippen LogP contribution in [0, 0.1) is 11.8 Å². The molecule has 0 radical (unpaired) electrons. The molecule has 2 aromatic carbocycles.